The number of thiazole rings is 2. The molecule has 1 amide bonds. The quantitative estimate of drug-likeness (QED) is 0.333. The van der Waals surface area contributed by atoms with Crippen molar-refractivity contribution in [1.82, 2.24) is 19.9 Å². The van der Waals surface area contributed by atoms with Crippen LogP contribution in [0.15, 0.2) is 41.4 Å². The Bertz CT molecular complexity index is 1320. The van der Waals surface area contributed by atoms with Crippen molar-refractivity contribution in [2.24, 2.45) is 0 Å². The minimum Gasteiger partial charge on any atom is -0.394 e. The normalized spacial score (nSPS) is 15.9. The highest BCUT2D eigenvalue weighted by atomic mass is 32.1. The molecule has 3 N–H and O–H groups in total. The van der Waals surface area contributed by atoms with Crippen molar-refractivity contribution in [3.05, 3.63) is 47.0 Å². The predicted molar refractivity (Wildman–Crippen MR) is 138 cm³/mol. The molecule has 176 valence electrons. The first-order chi connectivity index (χ1) is 16.5. The van der Waals surface area contributed by atoms with Crippen molar-refractivity contribution in [2.45, 2.75) is 38.8 Å². The molecule has 10 heteroatoms. The number of aliphatic hydroxyl groups excluding tert-OH is 1. The van der Waals surface area contributed by atoms with Gasteiger partial charge < -0.3 is 20.6 Å². The second-order valence-electron chi connectivity index (χ2n) is 8.59. The lowest BCUT2D eigenvalue weighted by Gasteiger charge is -2.21. The third kappa shape index (κ3) is 4.61. The zero-order valence-corrected chi connectivity index (χ0v) is 20.6. The van der Waals surface area contributed by atoms with E-state index in [9.17, 15) is 9.90 Å². The summed E-state index contributed by atoms with van der Waals surface area (Å²) >= 11 is 3.03. The fourth-order valence-corrected chi connectivity index (χ4v) is 5.67. The van der Waals surface area contributed by atoms with E-state index < -0.39 is 0 Å². The first-order valence-electron chi connectivity index (χ1n) is 11.3. The Morgan fingerprint density at radius 3 is 2.97 bits per heavy atom. The average molecular weight is 495 g/mol. The van der Waals surface area contributed by atoms with Crippen LogP contribution in [0.25, 0.3) is 20.8 Å². The molecule has 34 heavy (non-hydrogen) atoms. The van der Waals surface area contributed by atoms with Gasteiger partial charge in [-0.3, -0.25) is 4.79 Å². The number of carbonyl (C=O) groups excluding carboxylic acids is 1. The maximum atomic E-state index is 13.0. The SMILES string of the molecule is CC(C)Nc1cc(Nc2ccc3ncsc3c2)ncc1-c1nc(C(=O)N2CCC[C@H]2CO)cs1. The Morgan fingerprint density at radius 2 is 2.15 bits per heavy atom. The Kier molecular flexibility index (Phi) is 6.44. The summed E-state index contributed by atoms with van der Waals surface area (Å²) in [6.07, 6.45) is 3.53. The van der Waals surface area contributed by atoms with Crippen molar-refractivity contribution >= 4 is 56.0 Å². The molecule has 1 aromatic carbocycles. The van der Waals surface area contributed by atoms with E-state index in [1.54, 1.807) is 27.8 Å². The van der Waals surface area contributed by atoms with E-state index in [0.717, 1.165) is 45.0 Å². The number of amides is 1. The standard InChI is InChI=1S/C24H26N6O2S2/c1-14(2)27-19-9-22(28-15-5-6-18-21(8-15)34-13-26-18)25-10-17(19)23-29-20(12-33-23)24(32)30-7-3-4-16(30)11-31/h5-6,8-10,12-14,16,31H,3-4,7,11H2,1-2H3,(H2,25,27,28)/t16-/m0/s1. The number of pyridine rings is 1. The van der Waals surface area contributed by atoms with E-state index in [2.05, 4.69) is 45.5 Å². The van der Waals surface area contributed by atoms with Crippen LogP contribution in [0.2, 0.25) is 0 Å². The van der Waals surface area contributed by atoms with E-state index in [-0.39, 0.29) is 24.6 Å². The first-order valence-corrected chi connectivity index (χ1v) is 13.0. The topological polar surface area (TPSA) is 103 Å². The summed E-state index contributed by atoms with van der Waals surface area (Å²) in [5, 5.41) is 19.0. The van der Waals surface area contributed by atoms with E-state index in [0.29, 0.717) is 18.1 Å². The van der Waals surface area contributed by atoms with E-state index in [4.69, 9.17) is 0 Å². The molecule has 0 saturated carbocycles. The number of hydrogen-bond donors (Lipinski definition) is 3. The highest BCUT2D eigenvalue weighted by molar-refractivity contribution is 7.16. The number of hydrogen-bond acceptors (Lipinski definition) is 9. The summed E-state index contributed by atoms with van der Waals surface area (Å²) in [6.45, 7) is 4.80. The summed E-state index contributed by atoms with van der Waals surface area (Å²) < 4.78 is 1.11. The molecule has 0 aliphatic carbocycles. The second kappa shape index (κ2) is 9.65. The van der Waals surface area contributed by atoms with Crippen molar-refractivity contribution in [2.75, 3.05) is 23.8 Å². The molecule has 1 fully saturated rings. The largest absolute Gasteiger partial charge is 0.394 e. The van der Waals surface area contributed by atoms with Gasteiger partial charge in [0.05, 0.1) is 33.9 Å². The van der Waals surface area contributed by atoms with Crippen LogP contribution < -0.4 is 10.6 Å². The minimum absolute atomic E-state index is 0.0144. The Morgan fingerprint density at radius 1 is 1.26 bits per heavy atom. The van der Waals surface area contributed by atoms with E-state index >= 15 is 0 Å². The highest BCUT2D eigenvalue weighted by Crippen LogP contribution is 2.34. The number of benzene rings is 1. The number of likely N-dealkylation sites (tertiary alicyclic amines) is 1. The van der Waals surface area contributed by atoms with Crippen LogP contribution in [-0.4, -0.2) is 56.1 Å². The lowest BCUT2D eigenvalue weighted by molar-refractivity contribution is 0.0672. The number of nitrogens with one attached hydrogen (secondary N) is 2. The molecule has 8 nitrogen and oxygen atoms in total. The zero-order valence-electron chi connectivity index (χ0n) is 19.0. The molecule has 1 atom stereocenters. The third-order valence-corrected chi connectivity index (χ3v) is 7.42. The van der Waals surface area contributed by atoms with Gasteiger partial charge in [-0.2, -0.15) is 0 Å². The van der Waals surface area contributed by atoms with Crippen LogP contribution in [0, 0.1) is 0 Å². The van der Waals surface area contributed by atoms with E-state index in [1.807, 2.05) is 23.7 Å². The summed E-state index contributed by atoms with van der Waals surface area (Å²) in [5.41, 5.74) is 5.92. The molecule has 3 aromatic heterocycles. The number of nitrogens with zero attached hydrogens (tertiary/aromatic N) is 4. The molecular weight excluding hydrogens is 468 g/mol. The Hall–Kier alpha value is -3.08. The molecule has 5 rings (SSSR count). The smallest absolute Gasteiger partial charge is 0.273 e. The summed E-state index contributed by atoms with van der Waals surface area (Å²) in [4.78, 5) is 28.3. The number of carbonyl (C=O) groups is 1. The summed E-state index contributed by atoms with van der Waals surface area (Å²) in [7, 11) is 0. The van der Waals surface area contributed by atoms with Gasteiger partial charge in [-0.25, -0.2) is 15.0 Å². The van der Waals surface area contributed by atoms with Crippen LogP contribution in [0.5, 0.6) is 0 Å². The molecule has 1 saturated heterocycles. The fourth-order valence-electron chi connectivity index (χ4n) is 4.14. The van der Waals surface area contributed by atoms with Crippen LogP contribution in [0.1, 0.15) is 37.2 Å². The lowest BCUT2D eigenvalue weighted by Crippen LogP contribution is -2.37. The number of aromatic nitrogens is 3. The van der Waals surface area contributed by atoms with Crippen molar-refractivity contribution in [1.29, 1.82) is 0 Å². The molecule has 0 unspecified atom stereocenters. The van der Waals surface area contributed by atoms with Gasteiger partial charge in [-0.15, -0.1) is 22.7 Å². The molecular formula is C24H26N6O2S2. The zero-order chi connectivity index (χ0) is 23.7. The average Bonchev–Trinajstić information content (AvgIpc) is 3.58. The van der Waals surface area contributed by atoms with E-state index in [1.165, 1.54) is 11.3 Å². The van der Waals surface area contributed by atoms with Gasteiger partial charge in [0, 0.05) is 41.6 Å². The maximum absolute atomic E-state index is 13.0. The van der Waals surface area contributed by atoms with Crippen LogP contribution in [0.4, 0.5) is 17.2 Å². The Balaban J connectivity index is 1.41. The number of aliphatic hydroxyl groups is 1. The minimum atomic E-state index is -0.123. The van der Waals surface area contributed by atoms with Gasteiger partial charge in [0.2, 0.25) is 0 Å². The van der Waals surface area contributed by atoms with Gasteiger partial charge in [0.1, 0.15) is 16.5 Å². The molecule has 0 radical (unpaired) electrons. The molecule has 4 heterocycles. The van der Waals surface area contributed by atoms with Crippen LogP contribution in [0.3, 0.4) is 0 Å². The molecule has 4 aromatic rings. The van der Waals surface area contributed by atoms with Gasteiger partial charge in [0.15, 0.2) is 0 Å². The molecule has 0 spiro atoms. The number of rotatable bonds is 7. The van der Waals surface area contributed by atoms with Gasteiger partial charge in [-0.05, 0) is 44.9 Å². The van der Waals surface area contributed by atoms with Crippen molar-refractivity contribution < 1.29 is 9.90 Å². The van der Waals surface area contributed by atoms with Gasteiger partial charge >= 0.3 is 0 Å². The summed E-state index contributed by atoms with van der Waals surface area (Å²) in [5.74, 6) is 0.591. The van der Waals surface area contributed by atoms with Crippen molar-refractivity contribution in [3.8, 4) is 10.6 Å². The van der Waals surface area contributed by atoms with Crippen LogP contribution in [-0.2, 0) is 0 Å². The third-order valence-electron chi connectivity index (χ3n) is 5.75. The number of anilines is 3. The first kappa shape index (κ1) is 22.7. The summed E-state index contributed by atoms with van der Waals surface area (Å²) in [6, 6.07) is 8.10. The monoisotopic (exact) mass is 494 g/mol. The van der Waals surface area contributed by atoms with Gasteiger partial charge in [0.25, 0.3) is 5.91 Å². The maximum Gasteiger partial charge on any atom is 0.273 e. The van der Waals surface area contributed by atoms with Crippen LogP contribution >= 0.6 is 22.7 Å². The van der Waals surface area contributed by atoms with Crippen molar-refractivity contribution in [3.63, 3.8) is 0 Å². The highest BCUT2D eigenvalue weighted by Gasteiger charge is 2.30. The Labute approximate surface area is 205 Å². The second-order valence-corrected chi connectivity index (χ2v) is 10.3. The fraction of sp³-hybridized carbons (Fsp3) is 0.333. The number of fused-ring (bicyclic) bond motifs is 1. The molecule has 0 bridgehead atoms. The van der Waals surface area contributed by atoms with Gasteiger partial charge in [-0.1, -0.05) is 0 Å². The predicted octanol–water partition coefficient (Wildman–Crippen LogP) is 4.98. The lowest BCUT2D eigenvalue weighted by atomic mass is 10.2. The molecule has 1 aliphatic rings. The molecule has 1 aliphatic heterocycles.